The van der Waals surface area contributed by atoms with Crippen LogP contribution in [0.15, 0.2) is 5.16 Å². The molecule has 0 unspecified atom stereocenters. The van der Waals surface area contributed by atoms with Gasteiger partial charge in [0.2, 0.25) is 0 Å². The molecule has 9 nitrogen and oxygen atoms in total. The van der Waals surface area contributed by atoms with Crippen molar-refractivity contribution in [1.82, 2.24) is 0 Å². The fourth-order valence-corrected chi connectivity index (χ4v) is 3.18. The Hall–Kier alpha value is -1.26. The quantitative estimate of drug-likeness (QED) is 0.0963. The van der Waals surface area contributed by atoms with Gasteiger partial charge in [0.1, 0.15) is 6.61 Å². The van der Waals surface area contributed by atoms with Gasteiger partial charge in [0, 0.05) is 12.6 Å². The Kier molecular flexibility index (Phi) is 27.7. The Morgan fingerprint density at radius 2 is 1.06 bits per heavy atom. The predicted molar refractivity (Wildman–Crippen MR) is 129 cm³/mol. The van der Waals surface area contributed by atoms with E-state index in [4.69, 9.17) is 30.1 Å². The van der Waals surface area contributed by atoms with E-state index in [-0.39, 0.29) is 0 Å². The first-order chi connectivity index (χ1) is 16.3. The fraction of sp³-hybridized carbons (Fsp3) is 0.917. The van der Waals surface area contributed by atoms with Gasteiger partial charge >= 0.3 is 5.97 Å². The highest BCUT2D eigenvalue weighted by Gasteiger charge is 1.97. The molecule has 0 aromatic rings. The number of rotatable bonds is 28. The number of hydrogen-bond donors (Lipinski definition) is 2. The highest BCUT2D eigenvalue weighted by Crippen LogP contribution is 2.12. The van der Waals surface area contributed by atoms with Gasteiger partial charge in [0.05, 0.1) is 46.2 Å². The van der Waals surface area contributed by atoms with Gasteiger partial charge in [-0.15, -0.1) is 0 Å². The zero-order valence-electron chi connectivity index (χ0n) is 20.6. The molecule has 0 aromatic heterocycles. The Morgan fingerprint density at radius 1 is 0.636 bits per heavy atom. The number of aliphatic carboxylic acids is 1. The molecule has 0 bridgehead atoms. The number of carboxylic acid groups (broad SMARTS) is 1. The van der Waals surface area contributed by atoms with Crippen molar-refractivity contribution in [2.24, 2.45) is 11.1 Å². The molecule has 0 aliphatic rings. The molecule has 0 radical (unpaired) electrons. The van der Waals surface area contributed by atoms with Gasteiger partial charge in [0.15, 0.2) is 0 Å². The molecule has 0 fully saturated rings. The van der Waals surface area contributed by atoms with Gasteiger partial charge < -0.3 is 29.0 Å². The van der Waals surface area contributed by atoms with Crippen molar-refractivity contribution in [3.63, 3.8) is 0 Å². The smallest absolute Gasteiger partial charge is 0.303 e. The zero-order chi connectivity index (χ0) is 24.1. The van der Waals surface area contributed by atoms with Crippen LogP contribution in [-0.4, -0.2) is 70.1 Å². The van der Waals surface area contributed by atoms with Crippen molar-refractivity contribution in [2.75, 3.05) is 52.9 Å². The molecule has 0 heterocycles. The molecule has 3 N–H and O–H groups in total. The lowest BCUT2D eigenvalue weighted by molar-refractivity contribution is -0.137. The number of carboxylic acids is 1. The van der Waals surface area contributed by atoms with E-state index >= 15 is 0 Å². The second kappa shape index (κ2) is 28.8. The summed E-state index contributed by atoms with van der Waals surface area (Å²) in [6.07, 6.45) is 17.6. The lowest BCUT2D eigenvalue weighted by atomic mass is 10.0. The summed E-state index contributed by atoms with van der Waals surface area (Å²) in [4.78, 5) is 20.0. The van der Waals surface area contributed by atoms with E-state index in [1.54, 1.807) is 0 Å². The lowest BCUT2D eigenvalue weighted by Gasteiger charge is -2.06. The summed E-state index contributed by atoms with van der Waals surface area (Å²) in [5.41, 5.74) is 0. The highest BCUT2D eigenvalue weighted by molar-refractivity contribution is 5.66. The standard InChI is InChI=1S/C24H48N2O7/c25-32-22-20-30-18-16-29-17-19-31-21-23-33-26-15-13-11-9-7-5-3-1-2-4-6-8-10-12-14-24(27)28/h15H,1-14,16-23,25H2,(H,27,28). The van der Waals surface area contributed by atoms with Crippen LogP contribution in [0.3, 0.4) is 0 Å². The van der Waals surface area contributed by atoms with Crippen molar-refractivity contribution in [3.8, 4) is 0 Å². The summed E-state index contributed by atoms with van der Waals surface area (Å²) >= 11 is 0. The van der Waals surface area contributed by atoms with Crippen molar-refractivity contribution in [1.29, 1.82) is 0 Å². The minimum atomic E-state index is -0.677. The number of unbranched alkanes of at least 4 members (excludes halogenated alkanes) is 12. The van der Waals surface area contributed by atoms with Crippen LogP contribution in [0.5, 0.6) is 0 Å². The molecule has 0 atom stereocenters. The SMILES string of the molecule is NOCCOCCOCCOCCON=CCCCCCCCCCCCCCCC(=O)O. The maximum Gasteiger partial charge on any atom is 0.303 e. The summed E-state index contributed by atoms with van der Waals surface area (Å²) in [5.74, 6) is 4.20. The summed E-state index contributed by atoms with van der Waals surface area (Å²) in [6.45, 7) is 3.87. The van der Waals surface area contributed by atoms with E-state index in [0.29, 0.717) is 59.3 Å². The third-order valence-electron chi connectivity index (χ3n) is 5.03. The second-order valence-electron chi connectivity index (χ2n) is 8.00. The van der Waals surface area contributed by atoms with Crippen LogP contribution in [-0.2, 0) is 28.7 Å². The van der Waals surface area contributed by atoms with Gasteiger partial charge in [-0.3, -0.25) is 4.79 Å². The average Bonchev–Trinajstić information content (AvgIpc) is 2.80. The predicted octanol–water partition coefficient (Wildman–Crippen LogP) is 4.47. The molecule has 33 heavy (non-hydrogen) atoms. The molecule has 0 saturated carbocycles. The van der Waals surface area contributed by atoms with Crippen LogP contribution in [0.1, 0.15) is 89.9 Å². The van der Waals surface area contributed by atoms with Crippen LogP contribution in [0.2, 0.25) is 0 Å². The average molecular weight is 477 g/mol. The first-order valence-electron chi connectivity index (χ1n) is 12.7. The van der Waals surface area contributed by atoms with Crippen LogP contribution in [0.4, 0.5) is 0 Å². The van der Waals surface area contributed by atoms with Crippen molar-refractivity contribution < 1.29 is 33.8 Å². The number of oxime groups is 1. The van der Waals surface area contributed by atoms with E-state index in [9.17, 15) is 4.79 Å². The summed E-state index contributed by atoms with van der Waals surface area (Å²) < 4.78 is 16.0. The molecule has 0 rings (SSSR count). The van der Waals surface area contributed by atoms with Gasteiger partial charge in [0.25, 0.3) is 0 Å². The van der Waals surface area contributed by atoms with Crippen molar-refractivity contribution in [3.05, 3.63) is 0 Å². The topological polar surface area (TPSA) is 122 Å². The lowest BCUT2D eigenvalue weighted by Crippen LogP contribution is -2.13. The molecule has 9 heteroatoms. The van der Waals surface area contributed by atoms with Crippen LogP contribution in [0, 0.1) is 0 Å². The Bertz CT molecular complexity index is 426. The van der Waals surface area contributed by atoms with E-state index in [1.165, 1.54) is 57.8 Å². The molecule has 0 aliphatic heterocycles. The molecular weight excluding hydrogens is 428 g/mol. The summed E-state index contributed by atoms with van der Waals surface area (Å²) in [7, 11) is 0. The molecule has 0 spiro atoms. The van der Waals surface area contributed by atoms with Crippen LogP contribution in [0.25, 0.3) is 0 Å². The first kappa shape index (κ1) is 31.7. The second-order valence-corrected chi connectivity index (χ2v) is 8.00. The number of ether oxygens (including phenoxy) is 3. The van der Waals surface area contributed by atoms with Gasteiger partial charge in [-0.1, -0.05) is 69.4 Å². The normalized spacial score (nSPS) is 11.4. The Labute approximate surface area is 200 Å². The van der Waals surface area contributed by atoms with Crippen LogP contribution < -0.4 is 5.90 Å². The van der Waals surface area contributed by atoms with E-state index < -0.39 is 5.97 Å². The van der Waals surface area contributed by atoms with Crippen molar-refractivity contribution in [2.45, 2.75) is 89.9 Å². The number of nitrogens with zero attached hydrogens (tertiary/aromatic N) is 1. The highest BCUT2D eigenvalue weighted by atomic mass is 16.6. The third kappa shape index (κ3) is 30.7. The van der Waals surface area contributed by atoms with Gasteiger partial charge in [-0.05, 0) is 19.3 Å². The summed E-state index contributed by atoms with van der Waals surface area (Å²) in [6, 6.07) is 0. The fourth-order valence-electron chi connectivity index (χ4n) is 3.18. The molecular formula is C24H48N2O7. The van der Waals surface area contributed by atoms with Crippen molar-refractivity contribution >= 4 is 12.2 Å². The molecule has 0 aromatic carbocycles. The van der Waals surface area contributed by atoms with Gasteiger partial charge in [-0.2, -0.15) is 0 Å². The number of carbonyl (C=O) groups is 1. The van der Waals surface area contributed by atoms with E-state index in [0.717, 1.165) is 25.7 Å². The molecule has 0 saturated heterocycles. The zero-order valence-corrected chi connectivity index (χ0v) is 20.6. The molecule has 0 amide bonds. The Morgan fingerprint density at radius 3 is 1.55 bits per heavy atom. The monoisotopic (exact) mass is 476 g/mol. The first-order valence-corrected chi connectivity index (χ1v) is 12.7. The summed E-state index contributed by atoms with van der Waals surface area (Å²) in [5, 5.41) is 12.5. The molecule has 0 aliphatic carbocycles. The number of nitrogens with two attached hydrogens (primary N) is 1. The maximum absolute atomic E-state index is 10.4. The van der Waals surface area contributed by atoms with E-state index in [2.05, 4.69) is 9.99 Å². The largest absolute Gasteiger partial charge is 0.481 e. The third-order valence-corrected chi connectivity index (χ3v) is 5.03. The van der Waals surface area contributed by atoms with E-state index in [1.807, 2.05) is 6.21 Å². The number of hydrogen-bond acceptors (Lipinski definition) is 8. The minimum Gasteiger partial charge on any atom is -0.481 e. The maximum atomic E-state index is 10.4. The molecule has 196 valence electrons. The Balaban J connectivity index is 3.08. The van der Waals surface area contributed by atoms with Gasteiger partial charge in [-0.25, -0.2) is 5.90 Å². The van der Waals surface area contributed by atoms with Crippen LogP contribution >= 0.6 is 0 Å². The minimum absolute atomic E-state index is 0.315.